The first-order chi connectivity index (χ1) is 14.5. The quantitative estimate of drug-likeness (QED) is 0.506. The number of fused-ring (bicyclic) bond motifs is 3. The minimum absolute atomic E-state index is 0.0819. The van der Waals surface area contributed by atoms with Gasteiger partial charge in [0.05, 0.1) is 17.2 Å². The fourth-order valence-corrected chi connectivity index (χ4v) is 5.29. The molecule has 0 N–H and O–H groups in total. The molecule has 0 aliphatic carbocycles. The van der Waals surface area contributed by atoms with Crippen LogP contribution in [0, 0.1) is 24.2 Å². The van der Waals surface area contributed by atoms with E-state index in [0.29, 0.717) is 11.2 Å². The normalized spacial score (nSPS) is 15.7. The third-order valence-corrected chi connectivity index (χ3v) is 7.39. The number of aromatic nitrogens is 4. The maximum absolute atomic E-state index is 13.2. The van der Waals surface area contributed by atoms with Crippen LogP contribution in [0.5, 0.6) is 0 Å². The predicted octanol–water partition coefficient (Wildman–Crippen LogP) is 2.80. The smallest absolute Gasteiger partial charge is 0.269 e. The van der Waals surface area contributed by atoms with E-state index >= 15 is 0 Å². The average Bonchev–Trinajstić information content (AvgIpc) is 3.38. The summed E-state index contributed by atoms with van der Waals surface area (Å²) in [7, 11) is -3.76. The molecule has 5 rings (SSSR count). The molecule has 1 aliphatic rings. The SMILES string of the molecule is Cc1ccc(S(=O)(=O)n2ccc3c4c(cnc32)ncn4N2CCC(C#N)CC2)cc1. The van der Waals surface area contributed by atoms with Crippen molar-refractivity contribution in [2.24, 2.45) is 5.92 Å². The van der Waals surface area contributed by atoms with Crippen molar-refractivity contribution in [1.29, 1.82) is 5.26 Å². The van der Waals surface area contributed by atoms with Gasteiger partial charge in [-0.25, -0.2) is 27.0 Å². The molecule has 0 amide bonds. The Morgan fingerprint density at radius 1 is 1.10 bits per heavy atom. The van der Waals surface area contributed by atoms with Crippen LogP contribution in [0.15, 0.2) is 53.9 Å². The van der Waals surface area contributed by atoms with Crippen LogP contribution in [0.1, 0.15) is 18.4 Å². The summed E-state index contributed by atoms with van der Waals surface area (Å²) in [6, 6.07) is 10.9. The second-order valence-corrected chi connectivity index (χ2v) is 9.42. The molecular formula is C21H20N6O2S. The van der Waals surface area contributed by atoms with Crippen LogP contribution in [0.25, 0.3) is 22.1 Å². The summed E-state index contributed by atoms with van der Waals surface area (Å²) < 4.78 is 29.6. The zero-order valence-electron chi connectivity index (χ0n) is 16.4. The minimum atomic E-state index is -3.76. The van der Waals surface area contributed by atoms with Crippen LogP contribution in [-0.4, -0.2) is 40.1 Å². The number of benzene rings is 1. The lowest BCUT2D eigenvalue weighted by atomic mass is 10.00. The molecule has 1 saturated heterocycles. The fourth-order valence-electron chi connectivity index (χ4n) is 3.99. The van der Waals surface area contributed by atoms with Gasteiger partial charge in [0.15, 0.2) is 5.65 Å². The molecule has 1 aliphatic heterocycles. The van der Waals surface area contributed by atoms with Gasteiger partial charge < -0.3 is 5.01 Å². The molecule has 30 heavy (non-hydrogen) atoms. The van der Waals surface area contributed by atoms with Crippen molar-refractivity contribution in [3.63, 3.8) is 0 Å². The van der Waals surface area contributed by atoms with Crippen LogP contribution >= 0.6 is 0 Å². The molecule has 0 radical (unpaired) electrons. The largest absolute Gasteiger partial charge is 0.311 e. The van der Waals surface area contributed by atoms with Gasteiger partial charge in [0, 0.05) is 30.6 Å². The van der Waals surface area contributed by atoms with E-state index < -0.39 is 10.0 Å². The molecule has 4 aromatic rings. The molecule has 1 aromatic carbocycles. The van der Waals surface area contributed by atoms with Crippen molar-refractivity contribution in [1.82, 2.24) is 18.6 Å². The topological polar surface area (TPSA) is 96.8 Å². The Labute approximate surface area is 174 Å². The first kappa shape index (κ1) is 18.6. The highest BCUT2D eigenvalue weighted by atomic mass is 32.2. The fraction of sp³-hybridized carbons (Fsp3) is 0.286. The number of hydrogen-bond donors (Lipinski definition) is 0. The van der Waals surface area contributed by atoms with Crippen molar-refractivity contribution in [3.8, 4) is 6.07 Å². The molecule has 0 saturated carbocycles. The van der Waals surface area contributed by atoms with Crippen LogP contribution in [0.4, 0.5) is 0 Å². The summed E-state index contributed by atoms with van der Waals surface area (Å²) in [5.74, 6) is 0.0819. The Morgan fingerprint density at radius 2 is 1.83 bits per heavy atom. The molecule has 0 bridgehead atoms. The van der Waals surface area contributed by atoms with E-state index in [2.05, 4.69) is 21.0 Å². The first-order valence-electron chi connectivity index (χ1n) is 9.79. The lowest BCUT2D eigenvalue weighted by Gasteiger charge is -2.31. The number of nitrogens with zero attached hydrogens (tertiary/aromatic N) is 6. The highest BCUT2D eigenvalue weighted by molar-refractivity contribution is 7.90. The highest BCUT2D eigenvalue weighted by Gasteiger charge is 2.24. The average molecular weight is 420 g/mol. The monoisotopic (exact) mass is 420 g/mol. The van der Waals surface area contributed by atoms with E-state index in [9.17, 15) is 8.42 Å². The van der Waals surface area contributed by atoms with Gasteiger partial charge in [-0.05, 0) is 38.0 Å². The van der Waals surface area contributed by atoms with Gasteiger partial charge in [-0.1, -0.05) is 17.7 Å². The zero-order chi connectivity index (χ0) is 20.9. The maximum Gasteiger partial charge on any atom is 0.269 e. The Kier molecular flexibility index (Phi) is 4.25. The van der Waals surface area contributed by atoms with Crippen molar-refractivity contribution in [3.05, 3.63) is 54.6 Å². The molecule has 4 heterocycles. The number of rotatable bonds is 3. The molecule has 0 unspecified atom stereocenters. The first-order valence-corrected chi connectivity index (χ1v) is 11.2. The van der Waals surface area contributed by atoms with E-state index in [0.717, 1.165) is 42.4 Å². The van der Waals surface area contributed by atoms with Crippen molar-refractivity contribution < 1.29 is 8.42 Å². The Balaban J connectivity index is 1.63. The van der Waals surface area contributed by atoms with Crippen molar-refractivity contribution in [2.45, 2.75) is 24.7 Å². The Hall–Kier alpha value is -3.38. The van der Waals surface area contributed by atoms with E-state index in [1.54, 1.807) is 49.1 Å². The number of hydrogen-bond acceptors (Lipinski definition) is 6. The van der Waals surface area contributed by atoms with Crippen molar-refractivity contribution in [2.75, 3.05) is 18.1 Å². The summed E-state index contributed by atoms with van der Waals surface area (Å²) in [6.45, 7) is 3.41. The zero-order valence-corrected chi connectivity index (χ0v) is 17.2. The van der Waals surface area contributed by atoms with E-state index in [1.165, 1.54) is 3.97 Å². The van der Waals surface area contributed by atoms with Gasteiger partial charge in [-0.15, -0.1) is 0 Å². The predicted molar refractivity (Wildman–Crippen MR) is 113 cm³/mol. The van der Waals surface area contributed by atoms with Crippen LogP contribution in [-0.2, 0) is 10.0 Å². The van der Waals surface area contributed by atoms with Crippen LogP contribution in [0.2, 0.25) is 0 Å². The minimum Gasteiger partial charge on any atom is -0.311 e. The van der Waals surface area contributed by atoms with Crippen LogP contribution in [0.3, 0.4) is 0 Å². The second-order valence-electron chi connectivity index (χ2n) is 7.61. The summed E-state index contributed by atoms with van der Waals surface area (Å²) in [5, 5.41) is 12.0. The molecule has 1 fully saturated rings. The maximum atomic E-state index is 13.2. The summed E-state index contributed by atoms with van der Waals surface area (Å²) in [5.41, 5.74) is 2.90. The molecule has 3 aromatic heterocycles. The molecular weight excluding hydrogens is 400 g/mol. The molecule has 152 valence electrons. The van der Waals surface area contributed by atoms with E-state index in [4.69, 9.17) is 5.26 Å². The number of pyridine rings is 1. The third-order valence-electron chi connectivity index (χ3n) is 5.70. The summed E-state index contributed by atoms with van der Waals surface area (Å²) in [6.07, 6.45) is 6.49. The lowest BCUT2D eigenvalue weighted by Crippen LogP contribution is -2.41. The molecule has 9 heteroatoms. The number of aryl methyl sites for hydroxylation is 1. The van der Waals surface area contributed by atoms with E-state index in [1.807, 2.05) is 11.6 Å². The van der Waals surface area contributed by atoms with E-state index in [-0.39, 0.29) is 10.8 Å². The molecule has 8 nitrogen and oxygen atoms in total. The second kappa shape index (κ2) is 6.85. The lowest BCUT2D eigenvalue weighted by molar-refractivity contribution is 0.426. The summed E-state index contributed by atoms with van der Waals surface area (Å²) in [4.78, 5) is 9.09. The van der Waals surface area contributed by atoms with Gasteiger partial charge in [0.1, 0.15) is 17.4 Å². The third kappa shape index (κ3) is 2.83. The summed E-state index contributed by atoms with van der Waals surface area (Å²) >= 11 is 0. The van der Waals surface area contributed by atoms with Crippen molar-refractivity contribution >= 4 is 32.1 Å². The van der Waals surface area contributed by atoms with Gasteiger partial charge in [0.2, 0.25) is 0 Å². The Bertz CT molecular complexity index is 1390. The molecule has 0 atom stereocenters. The molecule has 0 spiro atoms. The number of nitriles is 1. The standard InChI is InChI=1S/C21H20N6O2S/c1-15-2-4-17(5-3-15)30(28,29)27-11-8-18-20-19(13-23-21(18)27)24-14-26(20)25-9-6-16(12-22)7-10-25/h2-5,8,11,13-14,16H,6-7,9-10H2,1H3. The van der Waals surface area contributed by atoms with Crippen LogP contribution < -0.4 is 5.01 Å². The van der Waals surface area contributed by atoms with Gasteiger partial charge >= 0.3 is 0 Å². The van der Waals surface area contributed by atoms with Gasteiger partial charge in [0.25, 0.3) is 10.0 Å². The van der Waals surface area contributed by atoms with Gasteiger partial charge in [-0.3, -0.25) is 0 Å². The van der Waals surface area contributed by atoms with Gasteiger partial charge in [-0.2, -0.15) is 5.26 Å². The number of imidazole rings is 1. The number of piperidine rings is 1. The Morgan fingerprint density at radius 3 is 2.53 bits per heavy atom. The highest BCUT2D eigenvalue weighted by Crippen LogP contribution is 2.28.